The Bertz CT molecular complexity index is 1340. The van der Waals surface area contributed by atoms with E-state index in [9.17, 15) is 5.11 Å². The molecule has 4 heterocycles. The summed E-state index contributed by atoms with van der Waals surface area (Å²) in [6.07, 6.45) is 3.57. The fourth-order valence-corrected chi connectivity index (χ4v) is 4.99. The highest BCUT2D eigenvalue weighted by Crippen LogP contribution is 2.43. The summed E-state index contributed by atoms with van der Waals surface area (Å²) in [6.45, 7) is 4.46. The predicted octanol–water partition coefficient (Wildman–Crippen LogP) is 4.43. The van der Waals surface area contributed by atoms with Crippen molar-refractivity contribution in [3.05, 3.63) is 72.7 Å². The number of aliphatic hydroxyl groups is 1. The van der Waals surface area contributed by atoms with Crippen LogP contribution >= 0.6 is 0 Å². The Hall–Kier alpha value is -3.30. The SMILES string of the molecule is CC1(C)O[C@H]2[C@H](n3cc(-c4ccccc4)c4c(Nc5ccc(CCO)cc5)ncnc43)OC[C@H]2O1. The second-order valence-corrected chi connectivity index (χ2v) is 9.39. The van der Waals surface area contributed by atoms with Gasteiger partial charge in [0.2, 0.25) is 0 Å². The summed E-state index contributed by atoms with van der Waals surface area (Å²) in [5.74, 6) is 0.0629. The first-order valence-electron chi connectivity index (χ1n) is 11.9. The van der Waals surface area contributed by atoms with E-state index in [0.717, 1.165) is 33.4 Å². The fourth-order valence-electron chi connectivity index (χ4n) is 4.99. The monoisotopic (exact) mass is 472 g/mol. The molecule has 2 fully saturated rings. The van der Waals surface area contributed by atoms with Gasteiger partial charge in [-0.2, -0.15) is 0 Å². The van der Waals surface area contributed by atoms with Crippen LogP contribution in [0.3, 0.4) is 0 Å². The van der Waals surface area contributed by atoms with E-state index in [4.69, 9.17) is 14.2 Å². The molecule has 2 N–H and O–H groups in total. The van der Waals surface area contributed by atoms with E-state index in [1.54, 1.807) is 6.33 Å². The van der Waals surface area contributed by atoms with Crippen LogP contribution in [-0.4, -0.2) is 50.9 Å². The minimum Gasteiger partial charge on any atom is -0.396 e. The van der Waals surface area contributed by atoms with Crippen LogP contribution in [0.2, 0.25) is 0 Å². The van der Waals surface area contributed by atoms with Crippen molar-refractivity contribution in [2.24, 2.45) is 0 Å². The summed E-state index contributed by atoms with van der Waals surface area (Å²) in [4.78, 5) is 9.28. The number of fused-ring (bicyclic) bond motifs is 2. The number of rotatable bonds is 6. The molecule has 0 bridgehead atoms. The molecule has 0 aliphatic carbocycles. The number of benzene rings is 2. The van der Waals surface area contributed by atoms with Crippen molar-refractivity contribution >= 4 is 22.5 Å². The van der Waals surface area contributed by atoms with Crippen LogP contribution < -0.4 is 5.32 Å². The zero-order valence-electron chi connectivity index (χ0n) is 19.7. The zero-order chi connectivity index (χ0) is 24.0. The number of ether oxygens (including phenoxy) is 3. The fraction of sp³-hybridized carbons (Fsp3) is 0.333. The van der Waals surface area contributed by atoms with E-state index in [1.807, 2.05) is 60.9 Å². The van der Waals surface area contributed by atoms with Gasteiger partial charge in [0.05, 0.1) is 12.0 Å². The van der Waals surface area contributed by atoms with E-state index < -0.39 is 5.79 Å². The third-order valence-electron chi connectivity index (χ3n) is 6.52. The molecule has 0 amide bonds. The molecular weight excluding hydrogens is 444 g/mol. The van der Waals surface area contributed by atoms with Crippen molar-refractivity contribution in [1.82, 2.24) is 14.5 Å². The molecule has 3 atom stereocenters. The Morgan fingerprint density at radius 1 is 1.06 bits per heavy atom. The highest BCUT2D eigenvalue weighted by atomic mass is 16.8. The van der Waals surface area contributed by atoms with Gasteiger partial charge in [-0.1, -0.05) is 42.5 Å². The van der Waals surface area contributed by atoms with Gasteiger partial charge in [-0.25, -0.2) is 9.97 Å². The zero-order valence-corrected chi connectivity index (χ0v) is 19.7. The van der Waals surface area contributed by atoms with Gasteiger partial charge >= 0.3 is 0 Å². The first kappa shape index (κ1) is 22.2. The van der Waals surface area contributed by atoms with E-state index in [0.29, 0.717) is 18.8 Å². The second kappa shape index (κ2) is 8.73. The number of anilines is 2. The molecule has 0 unspecified atom stereocenters. The maximum absolute atomic E-state index is 9.20. The Kier molecular flexibility index (Phi) is 5.53. The molecule has 4 aromatic rings. The summed E-state index contributed by atoms with van der Waals surface area (Å²) in [7, 11) is 0. The number of aliphatic hydroxyl groups excluding tert-OH is 1. The third kappa shape index (κ3) is 4.08. The van der Waals surface area contributed by atoms with Crippen molar-refractivity contribution in [3.63, 3.8) is 0 Å². The quantitative estimate of drug-likeness (QED) is 0.429. The Morgan fingerprint density at radius 3 is 2.63 bits per heavy atom. The molecule has 180 valence electrons. The van der Waals surface area contributed by atoms with E-state index >= 15 is 0 Å². The summed E-state index contributed by atoms with van der Waals surface area (Å²) < 4.78 is 20.5. The molecule has 8 heteroatoms. The van der Waals surface area contributed by atoms with E-state index in [1.165, 1.54) is 0 Å². The van der Waals surface area contributed by atoms with Crippen LogP contribution in [0.5, 0.6) is 0 Å². The molecule has 0 saturated carbocycles. The Balaban J connectivity index is 1.45. The van der Waals surface area contributed by atoms with Gasteiger partial charge < -0.3 is 29.2 Å². The number of hydrogen-bond donors (Lipinski definition) is 2. The van der Waals surface area contributed by atoms with Gasteiger partial charge in [0, 0.05) is 24.1 Å². The summed E-state index contributed by atoms with van der Waals surface area (Å²) >= 11 is 0. The molecule has 8 nitrogen and oxygen atoms in total. The van der Waals surface area contributed by atoms with Crippen LogP contribution in [0.1, 0.15) is 25.6 Å². The Morgan fingerprint density at radius 2 is 1.86 bits per heavy atom. The number of nitrogens with zero attached hydrogens (tertiary/aromatic N) is 3. The highest BCUT2D eigenvalue weighted by molar-refractivity contribution is 6.02. The van der Waals surface area contributed by atoms with Gasteiger partial charge in [0.1, 0.15) is 30.0 Å². The second-order valence-electron chi connectivity index (χ2n) is 9.39. The minimum atomic E-state index is -0.646. The lowest BCUT2D eigenvalue weighted by Gasteiger charge is -2.23. The molecule has 2 aliphatic rings. The topological polar surface area (TPSA) is 90.7 Å². The van der Waals surface area contributed by atoms with Crippen molar-refractivity contribution in [3.8, 4) is 11.1 Å². The molecular formula is C27H28N4O4. The largest absolute Gasteiger partial charge is 0.396 e. The van der Waals surface area contributed by atoms with Crippen molar-refractivity contribution in [1.29, 1.82) is 0 Å². The van der Waals surface area contributed by atoms with Gasteiger partial charge in [0.25, 0.3) is 0 Å². The van der Waals surface area contributed by atoms with Crippen molar-refractivity contribution in [2.75, 3.05) is 18.5 Å². The normalized spacial score (nSPS) is 23.0. The smallest absolute Gasteiger partial charge is 0.164 e. The number of hydrogen-bond acceptors (Lipinski definition) is 7. The lowest BCUT2D eigenvalue weighted by molar-refractivity contribution is -0.183. The average Bonchev–Trinajstić information content (AvgIpc) is 3.51. The van der Waals surface area contributed by atoms with Gasteiger partial charge in [-0.05, 0) is 43.5 Å². The molecule has 2 aliphatic heterocycles. The first-order valence-corrected chi connectivity index (χ1v) is 11.9. The summed E-state index contributed by atoms with van der Waals surface area (Å²) in [5, 5.41) is 13.6. The molecule has 0 radical (unpaired) electrons. The predicted molar refractivity (Wildman–Crippen MR) is 132 cm³/mol. The van der Waals surface area contributed by atoms with Gasteiger partial charge in [0.15, 0.2) is 12.0 Å². The third-order valence-corrected chi connectivity index (χ3v) is 6.52. The van der Waals surface area contributed by atoms with Crippen molar-refractivity contribution < 1.29 is 19.3 Å². The molecule has 2 saturated heterocycles. The van der Waals surface area contributed by atoms with Crippen LogP contribution in [0.15, 0.2) is 67.1 Å². The van der Waals surface area contributed by atoms with Crippen molar-refractivity contribution in [2.45, 2.75) is 44.5 Å². The maximum Gasteiger partial charge on any atom is 0.164 e. The van der Waals surface area contributed by atoms with Gasteiger partial charge in [-0.15, -0.1) is 0 Å². The number of nitrogens with one attached hydrogen (secondary N) is 1. The number of aromatic nitrogens is 3. The summed E-state index contributed by atoms with van der Waals surface area (Å²) in [5.41, 5.74) is 4.82. The maximum atomic E-state index is 9.20. The Labute approximate surface area is 203 Å². The van der Waals surface area contributed by atoms with Crippen LogP contribution in [0.4, 0.5) is 11.5 Å². The average molecular weight is 473 g/mol. The van der Waals surface area contributed by atoms with E-state index in [2.05, 4.69) is 33.6 Å². The first-order chi connectivity index (χ1) is 17.0. The molecule has 2 aromatic carbocycles. The lowest BCUT2D eigenvalue weighted by atomic mass is 10.1. The van der Waals surface area contributed by atoms with E-state index in [-0.39, 0.29) is 25.0 Å². The molecule has 2 aromatic heterocycles. The minimum absolute atomic E-state index is 0.121. The molecule has 35 heavy (non-hydrogen) atoms. The van der Waals surface area contributed by atoms with Gasteiger partial charge in [-0.3, -0.25) is 0 Å². The summed E-state index contributed by atoms with van der Waals surface area (Å²) in [6, 6.07) is 18.2. The van der Waals surface area contributed by atoms with Crippen LogP contribution in [0, 0.1) is 0 Å². The van der Waals surface area contributed by atoms with Crippen LogP contribution in [-0.2, 0) is 20.6 Å². The molecule has 6 rings (SSSR count). The highest BCUT2D eigenvalue weighted by Gasteiger charge is 2.51. The molecule has 0 spiro atoms. The standard InChI is InChI=1S/C27H28N4O4/c1-27(2)34-21-15-33-26(23(21)35-27)31-14-20(18-6-4-3-5-7-18)22-24(28-16-29-25(22)31)30-19-10-8-17(9-11-19)12-13-32/h3-11,14,16,21,23,26,32H,12-13,15H2,1-2H3,(H,28,29,30)/t21-,23-,26-/m1/s1. The van der Waals surface area contributed by atoms with Crippen LogP contribution in [0.25, 0.3) is 22.2 Å². The lowest BCUT2D eigenvalue weighted by Crippen LogP contribution is -2.27.